The Labute approximate surface area is 365 Å². The highest BCUT2D eigenvalue weighted by Gasteiger charge is 2.49. The summed E-state index contributed by atoms with van der Waals surface area (Å²) in [7, 11) is 2.26. The van der Waals surface area contributed by atoms with E-state index in [9.17, 15) is 0 Å². The summed E-state index contributed by atoms with van der Waals surface area (Å²) in [4.78, 5) is 2.41. The summed E-state index contributed by atoms with van der Waals surface area (Å²) >= 11 is 0. The minimum absolute atomic E-state index is 0.0215. The lowest BCUT2D eigenvalue weighted by Gasteiger charge is -2.35. The fourth-order valence-electron chi connectivity index (χ4n) is 12.3. The van der Waals surface area contributed by atoms with Gasteiger partial charge in [0, 0.05) is 29.3 Å². The minimum atomic E-state index is 0.0215. The van der Waals surface area contributed by atoms with Crippen LogP contribution in [0.3, 0.4) is 0 Å². The van der Waals surface area contributed by atoms with Gasteiger partial charge < -0.3 is 4.90 Å². The van der Waals surface area contributed by atoms with E-state index in [-0.39, 0.29) is 10.8 Å². The third-order valence-corrected chi connectivity index (χ3v) is 15.4. The number of hydrogen-bond acceptors (Lipinski definition) is 1. The summed E-state index contributed by atoms with van der Waals surface area (Å²) in [6, 6.07) is 36.2. The molecule has 0 amide bonds. The zero-order chi connectivity index (χ0) is 41.7. The smallest absolute Gasteiger partial charge is 0.0411 e. The van der Waals surface area contributed by atoms with Crippen molar-refractivity contribution in [1.29, 1.82) is 0 Å². The van der Waals surface area contributed by atoms with Crippen molar-refractivity contribution >= 4 is 11.4 Å². The molecule has 0 radical (unpaired) electrons. The van der Waals surface area contributed by atoms with Crippen LogP contribution in [-0.4, -0.2) is 7.05 Å². The molecule has 0 saturated heterocycles. The van der Waals surface area contributed by atoms with Gasteiger partial charge in [-0.05, 0) is 130 Å². The number of fused-ring (bicyclic) bond motifs is 11. The Hall–Kier alpha value is -4.10. The summed E-state index contributed by atoms with van der Waals surface area (Å²) in [5.74, 6) is 0. The first kappa shape index (κ1) is 42.6. The lowest BCUT2D eigenvalue weighted by Crippen LogP contribution is -2.28. The molecule has 8 rings (SSSR count). The Bertz CT molecular complexity index is 2210. The van der Waals surface area contributed by atoms with E-state index >= 15 is 0 Å². The van der Waals surface area contributed by atoms with E-state index in [1.54, 1.807) is 38.9 Å². The van der Waals surface area contributed by atoms with Crippen molar-refractivity contribution in [2.75, 3.05) is 11.9 Å². The second-order valence-electron chi connectivity index (χ2n) is 19.3. The maximum atomic E-state index is 2.63. The molecule has 0 N–H and O–H groups in total. The van der Waals surface area contributed by atoms with Crippen molar-refractivity contribution < 1.29 is 0 Å². The van der Waals surface area contributed by atoms with Gasteiger partial charge in [0.25, 0.3) is 0 Å². The molecule has 0 aromatic heterocycles. The Morgan fingerprint density at radius 1 is 0.417 bits per heavy atom. The van der Waals surface area contributed by atoms with Crippen LogP contribution < -0.4 is 4.90 Å². The third kappa shape index (κ3) is 7.71. The third-order valence-electron chi connectivity index (χ3n) is 15.4. The molecule has 0 saturated carbocycles. The number of benzene rings is 5. The standard InChI is InChI=1S/C59H75N/c1-7-11-15-22-36-58(37-23-16-12-8-2)54-40-43(5)28-30-48(54)50-34-32-46-47-33-35-51-49-31-29-45(60(6)44-26-20-19-21-27-44)41-55(49)59(38-24-17-13-9-3,39-25-18-14-10-4)57(51)53(47)42-52(46)56(50)58/h19-21,26-35,40-41H,7-18,22-25,36-39,42H2,1-6H3. The normalized spacial score (nSPS) is 14.7. The minimum Gasteiger partial charge on any atom is -0.345 e. The summed E-state index contributed by atoms with van der Waals surface area (Å²) in [5, 5.41) is 0. The zero-order valence-corrected chi connectivity index (χ0v) is 38.5. The first-order valence-electron chi connectivity index (χ1n) is 24.8. The Balaban J connectivity index is 1.30. The van der Waals surface area contributed by atoms with E-state index in [1.165, 1.54) is 173 Å². The van der Waals surface area contributed by atoms with Gasteiger partial charge in [-0.3, -0.25) is 0 Å². The molecular formula is C59H75N. The highest BCUT2D eigenvalue weighted by Crippen LogP contribution is 2.62. The molecule has 0 fully saturated rings. The quantitative estimate of drug-likeness (QED) is 0.0619. The lowest BCUT2D eigenvalue weighted by molar-refractivity contribution is 0.397. The Morgan fingerprint density at radius 2 is 0.833 bits per heavy atom. The van der Waals surface area contributed by atoms with Gasteiger partial charge >= 0.3 is 0 Å². The van der Waals surface area contributed by atoms with Crippen LogP contribution >= 0.6 is 0 Å². The molecule has 60 heavy (non-hydrogen) atoms. The van der Waals surface area contributed by atoms with Gasteiger partial charge in [0.1, 0.15) is 0 Å². The van der Waals surface area contributed by atoms with Crippen molar-refractivity contribution in [3.8, 4) is 33.4 Å². The van der Waals surface area contributed by atoms with E-state index in [4.69, 9.17) is 0 Å². The van der Waals surface area contributed by atoms with E-state index < -0.39 is 0 Å². The molecule has 5 aromatic carbocycles. The van der Waals surface area contributed by atoms with Crippen LogP contribution in [0.15, 0.2) is 91.0 Å². The molecule has 3 aliphatic rings. The molecule has 5 aromatic rings. The zero-order valence-electron chi connectivity index (χ0n) is 38.5. The van der Waals surface area contributed by atoms with Crippen LogP contribution in [0.2, 0.25) is 0 Å². The van der Waals surface area contributed by atoms with E-state index in [1.807, 2.05) is 0 Å². The van der Waals surface area contributed by atoms with Crippen molar-refractivity contribution in [3.63, 3.8) is 0 Å². The maximum absolute atomic E-state index is 2.63. The molecule has 0 heterocycles. The summed E-state index contributed by atoms with van der Waals surface area (Å²) < 4.78 is 0. The summed E-state index contributed by atoms with van der Waals surface area (Å²) in [6.07, 6.45) is 27.1. The number of para-hydroxylation sites is 1. The molecule has 0 atom stereocenters. The Kier molecular flexibility index (Phi) is 13.4. The predicted molar refractivity (Wildman–Crippen MR) is 261 cm³/mol. The molecule has 1 nitrogen and oxygen atoms in total. The first-order valence-corrected chi connectivity index (χ1v) is 24.8. The average molecular weight is 798 g/mol. The van der Waals surface area contributed by atoms with E-state index in [0.29, 0.717) is 0 Å². The molecule has 316 valence electrons. The van der Waals surface area contributed by atoms with Gasteiger partial charge in [0.15, 0.2) is 0 Å². The second-order valence-corrected chi connectivity index (χ2v) is 19.3. The second kappa shape index (κ2) is 18.9. The highest BCUT2D eigenvalue weighted by atomic mass is 15.1. The number of rotatable bonds is 22. The number of hydrogen-bond donors (Lipinski definition) is 0. The number of unbranched alkanes of at least 4 members (excludes halogenated alkanes) is 12. The Morgan fingerprint density at radius 3 is 1.30 bits per heavy atom. The van der Waals surface area contributed by atoms with Crippen LogP contribution in [0.1, 0.15) is 195 Å². The maximum Gasteiger partial charge on any atom is 0.0411 e. The van der Waals surface area contributed by atoms with Gasteiger partial charge in [-0.1, -0.05) is 203 Å². The van der Waals surface area contributed by atoms with Crippen molar-refractivity contribution in [2.45, 2.75) is 180 Å². The number of anilines is 2. The average Bonchev–Trinajstić information content (AvgIpc) is 3.88. The monoisotopic (exact) mass is 798 g/mol. The SMILES string of the molecule is CCCCCCC1(CCCCCC)c2cc(C)ccc2-c2ccc3c(c21)Cc1c-3ccc2c1C(CCCCCC)(CCCCCC)c1cc(N(C)c3ccccc3)ccc1-2. The fourth-order valence-corrected chi connectivity index (χ4v) is 12.3. The van der Waals surface area contributed by atoms with Crippen molar-refractivity contribution in [2.24, 2.45) is 0 Å². The highest BCUT2D eigenvalue weighted by molar-refractivity contribution is 5.94. The summed E-state index contributed by atoms with van der Waals surface area (Å²) in [6.45, 7) is 11.8. The van der Waals surface area contributed by atoms with Crippen LogP contribution in [0.4, 0.5) is 11.4 Å². The van der Waals surface area contributed by atoms with Gasteiger partial charge in [-0.2, -0.15) is 0 Å². The predicted octanol–water partition coefficient (Wildman–Crippen LogP) is 17.7. The van der Waals surface area contributed by atoms with E-state index in [2.05, 4.69) is 138 Å². The van der Waals surface area contributed by atoms with Gasteiger partial charge in [-0.25, -0.2) is 0 Å². The number of nitrogens with zero attached hydrogens (tertiary/aromatic N) is 1. The van der Waals surface area contributed by atoms with Crippen LogP contribution in [0, 0.1) is 6.92 Å². The van der Waals surface area contributed by atoms with Crippen LogP contribution in [-0.2, 0) is 17.3 Å². The molecular weight excluding hydrogens is 723 g/mol. The van der Waals surface area contributed by atoms with Crippen molar-refractivity contribution in [1.82, 2.24) is 0 Å². The van der Waals surface area contributed by atoms with Crippen LogP contribution in [0.5, 0.6) is 0 Å². The van der Waals surface area contributed by atoms with Gasteiger partial charge in [0.05, 0.1) is 0 Å². The van der Waals surface area contributed by atoms with Crippen LogP contribution in [0.25, 0.3) is 33.4 Å². The largest absolute Gasteiger partial charge is 0.345 e. The fraction of sp³-hybridized carbons (Fsp3) is 0.492. The molecule has 0 spiro atoms. The topological polar surface area (TPSA) is 3.24 Å². The molecule has 0 bridgehead atoms. The summed E-state index contributed by atoms with van der Waals surface area (Å²) in [5.41, 5.74) is 23.2. The molecule has 3 aliphatic carbocycles. The lowest BCUT2D eigenvalue weighted by atomic mass is 9.68. The molecule has 0 unspecified atom stereocenters. The van der Waals surface area contributed by atoms with Gasteiger partial charge in [0.2, 0.25) is 0 Å². The molecule has 0 aliphatic heterocycles. The van der Waals surface area contributed by atoms with Crippen molar-refractivity contribution in [3.05, 3.63) is 130 Å². The molecule has 1 heteroatoms. The first-order chi connectivity index (χ1) is 29.4. The van der Waals surface area contributed by atoms with E-state index in [0.717, 1.165) is 6.42 Å². The van der Waals surface area contributed by atoms with Gasteiger partial charge in [-0.15, -0.1) is 0 Å². The number of aryl methyl sites for hydroxylation is 1.